The van der Waals surface area contributed by atoms with Gasteiger partial charge in [0.2, 0.25) is 5.91 Å². The number of benzene rings is 2. The third kappa shape index (κ3) is 9.21. The van der Waals surface area contributed by atoms with Gasteiger partial charge in [-0.05, 0) is 79.2 Å². The Morgan fingerprint density at radius 2 is 1.68 bits per heavy atom. The van der Waals surface area contributed by atoms with Crippen LogP contribution >= 0.6 is 37.2 Å². The summed E-state index contributed by atoms with van der Waals surface area (Å²) in [6.45, 7) is 5.42. The van der Waals surface area contributed by atoms with Gasteiger partial charge in [-0.1, -0.05) is 56.2 Å². The van der Waals surface area contributed by atoms with Crippen molar-refractivity contribution in [1.82, 2.24) is 35.5 Å². The zero-order valence-corrected chi connectivity index (χ0v) is 30.6. The van der Waals surface area contributed by atoms with Gasteiger partial charge < -0.3 is 30.2 Å². The molecule has 50 heavy (non-hydrogen) atoms. The fourth-order valence-corrected chi connectivity index (χ4v) is 6.22. The number of aromatic amines is 2. The number of alkyl carbamates (subject to hydrolysis) is 1. The molecule has 4 aromatic rings. The molecule has 2 amide bonds. The number of amides is 2. The van der Waals surface area contributed by atoms with Crippen LogP contribution in [0.4, 0.5) is 4.79 Å². The summed E-state index contributed by atoms with van der Waals surface area (Å²) in [5.41, 5.74) is 5.43. The number of nitrogens with one attached hydrogen (secondary N) is 4. The first-order valence-corrected chi connectivity index (χ1v) is 16.1. The monoisotopic (exact) mass is 737 g/mol. The summed E-state index contributed by atoms with van der Waals surface area (Å²) in [6, 6.07) is 15.6. The molecule has 10 nitrogen and oxygen atoms in total. The number of methoxy groups -OCH3 is 1. The summed E-state index contributed by atoms with van der Waals surface area (Å²) in [6.07, 6.45) is 6.81. The number of hydrogen-bond acceptors (Lipinski definition) is 6. The molecule has 2 unspecified atom stereocenters. The molecule has 6 rings (SSSR count). The van der Waals surface area contributed by atoms with Crippen LogP contribution in [0.3, 0.4) is 0 Å². The predicted octanol–water partition coefficient (Wildman–Crippen LogP) is 6.60. The third-order valence-electron chi connectivity index (χ3n) is 8.70. The molecule has 0 radical (unpaired) electrons. The number of aromatic nitrogens is 4. The highest BCUT2D eigenvalue weighted by atomic mass is 35.5. The van der Waals surface area contributed by atoms with E-state index in [1.54, 1.807) is 6.20 Å². The molecule has 2 aliphatic heterocycles. The summed E-state index contributed by atoms with van der Waals surface area (Å²) < 4.78 is 4.76. The number of carbonyl (C=O) groups is 2. The van der Waals surface area contributed by atoms with Crippen molar-refractivity contribution >= 4 is 49.2 Å². The van der Waals surface area contributed by atoms with Crippen LogP contribution in [0.5, 0.6) is 0 Å². The second-order valence-electron chi connectivity index (χ2n) is 12.2. The molecule has 0 aliphatic carbocycles. The van der Waals surface area contributed by atoms with Crippen molar-refractivity contribution in [2.75, 3.05) is 20.2 Å². The number of ether oxygens (including phenoxy) is 1. The van der Waals surface area contributed by atoms with E-state index in [0.29, 0.717) is 6.54 Å². The molecular formula is C37H42Cl3N7O3. The lowest BCUT2D eigenvalue weighted by atomic mass is 9.96. The van der Waals surface area contributed by atoms with Gasteiger partial charge in [0.25, 0.3) is 0 Å². The lowest BCUT2D eigenvalue weighted by Crippen LogP contribution is -2.51. The van der Waals surface area contributed by atoms with E-state index in [-0.39, 0.29) is 61.1 Å². The van der Waals surface area contributed by atoms with Crippen LogP contribution in [0.1, 0.15) is 74.5 Å². The number of carbonyl (C=O) groups excluding carboxylic acids is 2. The van der Waals surface area contributed by atoms with Crippen LogP contribution in [0.25, 0.3) is 22.4 Å². The van der Waals surface area contributed by atoms with Crippen molar-refractivity contribution in [1.29, 1.82) is 0 Å². The maximum absolute atomic E-state index is 13.6. The lowest BCUT2D eigenvalue weighted by molar-refractivity contribution is -0.135. The first-order valence-electron chi connectivity index (χ1n) is 16.1. The van der Waals surface area contributed by atoms with Crippen molar-refractivity contribution < 1.29 is 14.3 Å². The molecule has 2 aromatic carbocycles. The Morgan fingerprint density at radius 3 is 2.40 bits per heavy atom. The van der Waals surface area contributed by atoms with Gasteiger partial charge in [0.1, 0.15) is 23.4 Å². The zero-order chi connectivity index (χ0) is 32.8. The highest BCUT2D eigenvalue weighted by Gasteiger charge is 2.37. The minimum absolute atomic E-state index is 0. The van der Waals surface area contributed by atoms with Crippen LogP contribution in [-0.4, -0.2) is 63.1 Å². The van der Waals surface area contributed by atoms with E-state index in [1.807, 2.05) is 55.3 Å². The van der Waals surface area contributed by atoms with Crippen molar-refractivity contribution in [2.45, 2.75) is 57.7 Å². The Hall–Kier alpha value is -4.45. The Bertz CT molecular complexity index is 1860. The average Bonchev–Trinajstić information content (AvgIpc) is 3.92. The van der Waals surface area contributed by atoms with Crippen LogP contribution in [-0.2, 0) is 9.53 Å². The first kappa shape index (κ1) is 40.0. The third-order valence-corrected chi connectivity index (χ3v) is 8.70. The summed E-state index contributed by atoms with van der Waals surface area (Å²) in [5, 5.41) is 6.14. The smallest absolute Gasteiger partial charge is 0.407 e. The summed E-state index contributed by atoms with van der Waals surface area (Å²) in [4.78, 5) is 43.3. The van der Waals surface area contributed by atoms with Crippen molar-refractivity contribution in [2.24, 2.45) is 5.92 Å². The van der Waals surface area contributed by atoms with E-state index < -0.39 is 12.1 Å². The number of rotatable bonds is 7. The topological polar surface area (TPSA) is 128 Å². The molecule has 264 valence electrons. The van der Waals surface area contributed by atoms with Gasteiger partial charge >= 0.3 is 6.09 Å². The van der Waals surface area contributed by atoms with Gasteiger partial charge in [-0.3, -0.25) is 4.79 Å². The van der Waals surface area contributed by atoms with Gasteiger partial charge in [-0.15, -0.1) is 37.2 Å². The Balaban J connectivity index is 0.00000225. The molecule has 2 aromatic heterocycles. The number of imidazole rings is 2. The van der Waals surface area contributed by atoms with Crippen LogP contribution < -0.4 is 10.6 Å². The van der Waals surface area contributed by atoms with Gasteiger partial charge in [-0.25, -0.2) is 14.8 Å². The summed E-state index contributed by atoms with van der Waals surface area (Å²) >= 11 is 0. The zero-order valence-electron chi connectivity index (χ0n) is 28.1. The molecule has 3 atom stereocenters. The molecule has 2 aliphatic rings. The minimum atomic E-state index is -0.685. The molecule has 2 fully saturated rings. The summed E-state index contributed by atoms with van der Waals surface area (Å²) in [7, 11) is 1.29. The van der Waals surface area contributed by atoms with E-state index in [0.717, 1.165) is 77.5 Å². The highest BCUT2D eigenvalue weighted by molar-refractivity contribution is 5.87. The quantitative estimate of drug-likeness (QED) is 0.158. The van der Waals surface area contributed by atoms with Gasteiger partial charge in [0, 0.05) is 17.7 Å². The molecule has 13 heteroatoms. The standard InChI is InChI=1S/C37H39N7O3.3ClH/c1-24(2)33(43-37(46)47-3)36(45)44-20-10-16-32(44)35-40-23-31(42-35)27-18-17-26(29(21-27)25-11-5-4-6-12-25)13-7-8-14-28-22-39-34(41-28)30-15-9-19-38-30;;;/h4-6,11-12,17-18,21-24,30,32-33,38H,9-10,15-16,19-20H2,1-3H3,(H,39,41)(H,40,42)(H,43,46);3*1H/t30?,32?,33-;;;/m0.../s1. The normalized spacial score (nSPS) is 16.8. The number of likely N-dealkylation sites (tertiary alicyclic amines) is 1. The maximum Gasteiger partial charge on any atom is 0.407 e. The fourth-order valence-electron chi connectivity index (χ4n) is 6.22. The molecule has 0 bridgehead atoms. The molecule has 0 spiro atoms. The average molecular weight is 739 g/mol. The Morgan fingerprint density at radius 1 is 0.920 bits per heavy atom. The van der Waals surface area contributed by atoms with Gasteiger partial charge in [0.15, 0.2) is 0 Å². The van der Waals surface area contributed by atoms with Crippen molar-refractivity contribution in [3.05, 3.63) is 83.8 Å². The van der Waals surface area contributed by atoms with E-state index in [1.165, 1.54) is 7.11 Å². The molecule has 4 N–H and O–H groups in total. The second-order valence-corrected chi connectivity index (χ2v) is 12.2. The fraction of sp³-hybridized carbons (Fsp3) is 0.351. The largest absolute Gasteiger partial charge is 0.453 e. The molecular weight excluding hydrogens is 697 g/mol. The lowest BCUT2D eigenvalue weighted by Gasteiger charge is -2.30. The predicted molar refractivity (Wildman–Crippen MR) is 201 cm³/mol. The number of hydrogen-bond donors (Lipinski definition) is 4. The van der Waals surface area contributed by atoms with E-state index in [9.17, 15) is 9.59 Å². The van der Waals surface area contributed by atoms with Gasteiger partial charge in [0.05, 0.1) is 37.3 Å². The van der Waals surface area contributed by atoms with E-state index >= 15 is 0 Å². The Kier molecular flexibility index (Phi) is 14.8. The van der Waals surface area contributed by atoms with Crippen LogP contribution in [0.15, 0.2) is 60.9 Å². The van der Waals surface area contributed by atoms with Crippen molar-refractivity contribution in [3.63, 3.8) is 0 Å². The maximum atomic E-state index is 13.6. The molecule has 2 saturated heterocycles. The van der Waals surface area contributed by atoms with Crippen LogP contribution in [0.2, 0.25) is 0 Å². The minimum Gasteiger partial charge on any atom is -0.453 e. The number of H-pyrrole nitrogens is 2. The SMILES string of the molecule is COC(=O)N[C@H](C(=O)N1CCCC1c1ncc(-c2ccc(C#CC#Cc3cnc(C4CCCN4)[nH]3)c(-c3ccccc3)c2)[nH]1)C(C)C.Cl.Cl.Cl. The number of nitrogens with zero attached hydrogens (tertiary/aromatic N) is 3. The first-order chi connectivity index (χ1) is 22.9. The molecule has 4 heterocycles. The van der Waals surface area contributed by atoms with E-state index in [2.05, 4.69) is 67.5 Å². The van der Waals surface area contributed by atoms with E-state index in [4.69, 9.17) is 9.72 Å². The van der Waals surface area contributed by atoms with Crippen LogP contribution in [0, 0.1) is 29.6 Å². The van der Waals surface area contributed by atoms with Crippen molar-refractivity contribution in [3.8, 4) is 46.1 Å². The molecule has 0 saturated carbocycles. The highest BCUT2D eigenvalue weighted by Crippen LogP contribution is 2.34. The summed E-state index contributed by atoms with van der Waals surface area (Å²) in [5.74, 6) is 13.7. The Labute approximate surface area is 311 Å². The number of halogens is 3. The second kappa shape index (κ2) is 18.5. The van der Waals surface area contributed by atoms with Gasteiger partial charge in [-0.2, -0.15) is 0 Å².